The number of likely N-dealkylation sites (N-methyl/N-ethyl adjacent to an activating group) is 1. The number of carbonyl (C=O) groups excluding carboxylic acids is 1. The molecule has 0 spiro atoms. The van der Waals surface area contributed by atoms with Crippen LogP contribution in [0.3, 0.4) is 0 Å². The van der Waals surface area contributed by atoms with Crippen molar-refractivity contribution in [2.24, 2.45) is 4.99 Å². The van der Waals surface area contributed by atoms with Crippen LogP contribution in [0.5, 0.6) is 5.75 Å². The van der Waals surface area contributed by atoms with Crippen molar-refractivity contribution in [3.05, 3.63) is 29.8 Å². The van der Waals surface area contributed by atoms with Gasteiger partial charge in [0.05, 0.1) is 6.54 Å². The van der Waals surface area contributed by atoms with Gasteiger partial charge in [0, 0.05) is 26.7 Å². The highest BCUT2D eigenvalue weighted by atomic mass is 127. The maximum atomic E-state index is 11.6. The topological polar surface area (TPSA) is 66.0 Å². The van der Waals surface area contributed by atoms with Crippen LogP contribution in [-0.4, -0.2) is 50.1 Å². The fourth-order valence-electron chi connectivity index (χ4n) is 1.83. The minimum atomic E-state index is -0.0643. The quantitative estimate of drug-likeness (QED) is 0.354. The minimum absolute atomic E-state index is 0. The summed E-state index contributed by atoms with van der Waals surface area (Å²) >= 11 is 0. The van der Waals surface area contributed by atoms with E-state index in [-0.39, 0.29) is 36.5 Å². The predicted molar refractivity (Wildman–Crippen MR) is 114 cm³/mol. The number of benzene rings is 1. The molecule has 0 bridgehead atoms. The monoisotopic (exact) mass is 462 g/mol. The number of nitrogens with zero attached hydrogens (tertiary/aromatic N) is 2. The summed E-state index contributed by atoms with van der Waals surface area (Å²) in [5.41, 5.74) is 1.03. The molecule has 0 aliphatic carbocycles. The van der Waals surface area contributed by atoms with Crippen LogP contribution < -0.4 is 15.4 Å². The molecule has 1 aromatic carbocycles. The predicted octanol–water partition coefficient (Wildman–Crippen LogP) is 2.63. The first kappa shape index (κ1) is 23.5. The average molecular weight is 462 g/mol. The summed E-state index contributed by atoms with van der Waals surface area (Å²) in [7, 11) is 3.42. The molecule has 25 heavy (non-hydrogen) atoms. The number of halogens is 1. The first-order chi connectivity index (χ1) is 11.5. The highest BCUT2D eigenvalue weighted by molar-refractivity contribution is 14.0. The van der Waals surface area contributed by atoms with Crippen LogP contribution in [0.15, 0.2) is 29.3 Å². The molecule has 0 heterocycles. The third-order valence-electron chi connectivity index (χ3n) is 3.52. The van der Waals surface area contributed by atoms with Gasteiger partial charge in [-0.3, -0.25) is 4.79 Å². The standard InChI is InChI=1S/C18H30N4O2.HI/c1-6-14(3)21-18(19-7-2)20-12-15-9-8-10-16(11-15)24-13-17(23)22(4)5;/h8-11,14H,6-7,12-13H2,1-5H3,(H2,19,20,21);1H. The summed E-state index contributed by atoms with van der Waals surface area (Å²) in [5.74, 6) is 1.42. The fraction of sp³-hybridized carbons (Fsp3) is 0.556. The number of rotatable bonds is 8. The van der Waals surface area contributed by atoms with Crippen LogP contribution in [0, 0.1) is 0 Å². The van der Waals surface area contributed by atoms with E-state index in [1.54, 1.807) is 14.1 Å². The Morgan fingerprint density at radius 1 is 1.32 bits per heavy atom. The van der Waals surface area contributed by atoms with Gasteiger partial charge >= 0.3 is 0 Å². The highest BCUT2D eigenvalue weighted by Gasteiger charge is 2.06. The van der Waals surface area contributed by atoms with E-state index < -0.39 is 0 Å². The highest BCUT2D eigenvalue weighted by Crippen LogP contribution is 2.14. The molecule has 0 saturated heterocycles. The van der Waals surface area contributed by atoms with Gasteiger partial charge in [-0.25, -0.2) is 4.99 Å². The largest absolute Gasteiger partial charge is 0.484 e. The smallest absolute Gasteiger partial charge is 0.259 e. The molecule has 0 saturated carbocycles. The second kappa shape index (κ2) is 12.8. The Bertz CT molecular complexity index is 550. The second-order valence-corrected chi connectivity index (χ2v) is 5.87. The number of aliphatic imine (C=N–C) groups is 1. The second-order valence-electron chi connectivity index (χ2n) is 5.87. The van der Waals surface area contributed by atoms with E-state index >= 15 is 0 Å². The number of hydrogen-bond donors (Lipinski definition) is 2. The lowest BCUT2D eigenvalue weighted by molar-refractivity contribution is -0.130. The zero-order chi connectivity index (χ0) is 17.9. The lowest BCUT2D eigenvalue weighted by atomic mass is 10.2. The number of amides is 1. The lowest BCUT2D eigenvalue weighted by Crippen LogP contribution is -2.41. The number of nitrogens with one attached hydrogen (secondary N) is 2. The Morgan fingerprint density at radius 2 is 2.04 bits per heavy atom. The van der Waals surface area contributed by atoms with Crippen LogP contribution in [0.2, 0.25) is 0 Å². The third-order valence-corrected chi connectivity index (χ3v) is 3.52. The zero-order valence-electron chi connectivity index (χ0n) is 15.8. The van der Waals surface area contributed by atoms with Crippen molar-refractivity contribution in [1.82, 2.24) is 15.5 Å². The van der Waals surface area contributed by atoms with E-state index in [0.29, 0.717) is 18.3 Å². The molecule has 1 unspecified atom stereocenters. The van der Waals surface area contributed by atoms with E-state index in [2.05, 4.69) is 29.5 Å². The molecule has 0 fully saturated rings. The number of hydrogen-bond acceptors (Lipinski definition) is 3. The molecule has 0 radical (unpaired) electrons. The van der Waals surface area contributed by atoms with Crippen molar-refractivity contribution >= 4 is 35.8 Å². The number of ether oxygens (including phenoxy) is 1. The van der Waals surface area contributed by atoms with Crippen molar-refractivity contribution in [3.63, 3.8) is 0 Å². The van der Waals surface area contributed by atoms with Crippen LogP contribution in [0.1, 0.15) is 32.8 Å². The molecule has 1 amide bonds. The van der Waals surface area contributed by atoms with E-state index in [9.17, 15) is 4.79 Å². The molecule has 142 valence electrons. The van der Waals surface area contributed by atoms with E-state index in [1.807, 2.05) is 31.2 Å². The van der Waals surface area contributed by atoms with Gasteiger partial charge < -0.3 is 20.3 Å². The maximum Gasteiger partial charge on any atom is 0.259 e. The summed E-state index contributed by atoms with van der Waals surface area (Å²) in [6.45, 7) is 7.71. The van der Waals surface area contributed by atoms with E-state index in [4.69, 9.17) is 4.74 Å². The molecular formula is C18H31IN4O2. The molecule has 7 heteroatoms. The van der Waals surface area contributed by atoms with E-state index in [1.165, 1.54) is 4.90 Å². The zero-order valence-corrected chi connectivity index (χ0v) is 18.2. The summed E-state index contributed by atoms with van der Waals surface area (Å²) < 4.78 is 5.54. The minimum Gasteiger partial charge on any atom is -0.484 e. The molecule has 6 nitrogen and oxygen atoms in total. The average Bonchev–Trinajstić information content (AvgIpc) is 2.57. The van der Waals surface area contributed by atoms with Crippen LogP contribution in [0.25, 0.3) is 0 Å². The van der Waals surface area contributed by atoms with Crippen molar-refractivity contribution in [3.8, 4) is 5.75 Å². The summed E-state index contributed by atoms with van der Waals surface area (Å²) in [6.07, 6.45) is 1.04. The van der Waals surface area contributed by atoms with E-state index in [0.717, 1.165) is 24.5 Å². The summed E-state index contributed by atoms with van der Waals surface area (Å²) in [6, 6.07) is 8.04. The maximum absolute atomic E-state index is 11.6. The van der Waals surface area contributed by atoms with Gasteiger partial charge in [-0.2, -0.15) is 0 Å². The van der Waals surface area contributed by atoms with Gasteiger partial charge in [0.1, 0.15) is 5.75 Å². The third kappa shape index (κ3) is 9.52. The van der Waals surface area contributed by atoms with Crippen LogP contribution in [0.4, 0.5) is 0 Å². The van der Waals surface area contributed by atoms with Gasteiger partial charge in [-0.15, -0.1) is 24.0 Å². The van der Waals surface area contributed by atoms with Crippen molar-refractivity contribution < 1.29 is 9.53 Å². The van der Waals surface area contributed by atoms with Gasteiger partial charge in [0.25, 0.3) is 5.91 Å². The Kier molecular flexibility index (Phi) is 12.0. The number of carbonyl (C=O) groups is 1. The summed E-state index contributed by atoms with van der Waals surface area (Å²) in [5, 5.41) is 6.61. The van der Waals surface area contributed by atoms with Crippen molar-refractivity contribution in [2.45, 2.75) is 39.8 Å². The normalized spacial score (nSPS) is 12.0. The van der Waals surface area contributed by atoms with Crippen LogP contribution >= 0.6 is 24.0 Å². The van der Waals surface area contributed by atoms with Gasteiger partial charge in [0.2, 0.25) is 0 Å². The van der Waals surface area contributed by atoms with Crippen molar-refractivity contribution in [2.75, 3.05) is 27.2 Å². The lowest BCUT2D eigenvalue weighted by Gasteiger charge is -2.16. The van der Waals surface area contributed by atoms with Gasteiger partial charge in [-0.1, -0.05) is 19.1 Å². The molecule has 2 N–H and O–H groups in total. The van der Waals surface area contributed by atoms with Crippen molar-refractivity contribution in [1.29, 1.82) is 0 Å². The molecule has 1 rings (SSSR count). The number of guanidine groups is 1. The Morgan fingerprint density at radius 3 is 2.64 bits per heavy atom. The summed E-state index contributed by atoms with van der Waals surface area (Å²) in [4.78, 5) is 17.7. The van der Waals surface area contributed by atoms with Gasteiger partial charge in [-0.05, 0) is 38.0 Å². The molecule has 0 aromatic heterocycles. The fourth-order valence-corrected chi connectivity index (χ4v) is 1.83. The first-order valence-electron chi connectivity index (χ1n) is 8.43. The molecule has 0 aliphatic heterocycles. The Balaban J connectivity index is 0.00000576. The van der Waals surface area contributed by atoms with Crippen LogP contribution in [-0.2, 0) is 11.3 Å². The molecule has 0 aliphatic rings. The molecular weight excluding hydrogens is 431 g/mol. The Labute approximate surface area is 168 Å². The Hall–Kier alpha value is -1.51. The SMILES string of the molecule is CCNC(=NCc1cccc(OCC(=O)N(C)C)c1)NC(C)CC.I. The molecule has 1 atom stereocenters. The molecule has 1 aromatic rings. The first-order valence-corrected chi connectivity index (χ1v) is 8.43. The van der Waals surface area contributed by atoms with Gasteiger partial charge in [0.15, 0.2) is 12.6 Å².